The van der Waals surface area contributed by atoms with Crippen LogP contribution in [-0.2, 0) is 16.7 Å². The molecule has 0 unspecified atom stereocenters. The van der Waals surface area contributed by atoms with E-state index in [-0.39, 0.29) is 5.41 Å². The van der Waals surface area contributed by atoms with Gasteiger partial charge in [0.15, 0.2) is 0 Å². The lowest BCUT2D eigenvalue weighted by Gasteiger charge is -2.36. The Hall–Kier alpha value is -1.78. The molecule has 1 saturated heterocycles. The van der Waals surface area contributed by atoms with Gasteiger partial charge in [-0.3, -0.25) is 0 Å². The van der Waals surface area contributed by atoms with E-state index in [0.717, 1.165) is 43.3 Å². The monoisotopic (exact) mass is 283 g/mol. The van der Waals surface area contributed by atoms with Gasteiger partial charge in [0.1, 0.15) is 5.82 Å². The van der Waals surface area contributed by atoms with E-state index in [1.165, 1.54) is 5.56 Å². The largest absolute Gasteiger partial charge is 0.381 e. The first kappa shape index (κ1) is 14.2. The third-order valence-corrected chi connectivity index (χ3v) is 4.22. The van der Waals surface area contributed by atoms with Crippen LogP contribution in [0, 0.1) is 6.92 Å². The van der Waals surface area contributed by atoms with E-state index in [9.17, 15) is 0 Å². The fourth-order valence-corrected chi connectivity index (χ4v) is 3.07. The van der Waals surface area contributed by atoms with E-state index < -0.39 is 0 Å². The van der Waals surface area contributed by atoms with Crippen molar-refractivity contribution in [3.63, 3.8) is 0 Å². The first-order valence-corrected chi connectivity index (χ1v) is 7.43. The van der Waals surface area contributed by atoms with Crippen LogP contribution in [0.1, 0.15) is 35.6 Å². The summed E-state index contributed by atoms with van der Waals surface area (Å²) in [6.45, 7) is 3.92. The third kappa shape index (κ3) is 2.69. The standard InChI is InChI=1S/C17H21N3O/c1-13-11-15(12-18)20-16(19-13)17(7-9-21-10-8-17)14-5-3-2-4-6-14/h2-6,11H,7-10,12,18H2,1H3. The SMILES string of the molecule is Cc1cc(CN)nc(C2(c3ccccc3)CCOCC2)n1. The highest BCUT2D eigenvalue weighted by molar-refractivity contribution is 5.34. The highest BCUT2D eigenvalue weighted by Crippen LogP contribution is 2.39. The summed E-state index contributed by atoms with van der Waals surface area (Å²) in [5, 5.41) is 0. The number of aryl methyl sites for hydroxylation is 1. The van der Waals surface area contributed by atoms with Gasteiger partial charge in [-0.05, 0) is 31.4 Å². The van der Waals surface area contributed by atoms with Gasteiger partial charge in [0.05, 0.1) is 11.1 Å². The van der Waals surface area contributed by atoms with Crippen LogP contribution in [0.4, 0.5) is 0 Å². The Balaban J connectivity index is 2.14. The molecular weight excluding hydrogens is 262 g/mol. The van der Waals surface area contributed by atoms with E-state index in [0.29, 0.717) is 6.54 Å². The molecule has 2 aromatic rings. The maximum absolute atomic E-state index is 5.78. The Morgan fingerprint density at radius 3 is 2.52 bits per heavy atom. The van der Waals surface area contributed by atoms with Crippen molar-refractivity contribution in [3.05, 3.63) is 59.2 Å². The summed E-state index contributed by atoms with van der Waals surface area (Å²) in [4.78, 5) is 9.46. The Morgan fingerprint density at radius 2 is 1.86 bits per heavy atom. The number of nitrogens with two attached hydrogens (primary N) is 1. The Morgan fingerprint density at radius 1 is 1.14 bits per heavy atom. The molecule has 0 spiro atoms. The molecule has 0 saturated carbocycles. The van der Waals surface area contributed by atoms with Crippen LogP contribution < -0.4 is 5.73 Å². The predicted octanol–water partition coefficient (Wildman–Crippen LogP) is 2.34. The summed E-state index contributed by atoms with van der Waals surface area (Å²) in [7, 11) is 0. The van der Waals surface area contributed by atoms with Crippen molar-refractivity contribution >= 4 is 0 Å². The summed E-state index contributed by atoms with van der Waals surface area (Å²) >= 11 is 0. The molecule has 4 nitrogen and oxygen atoms in total. The van der Waals surface area contributed by atoms with Gasteiger partial charge in [-0.1, -0.05) is 30.3 Å². The van der Waals surface area contributed by atoms with E-state index in [1.54, 1.807) is 0 Å². The van der Waals surface area contributed by atoms with Crippen LogP contribution in [0.15, 0.2) is 36.4 Å². The molecular formula is C17H21N3O. The molecule has 0 bridgehead atoms. The average Bonchev–Trinajstić information content (AvgIpc) is 2.55. The average molecular weight is 283 g/mol. The first-order valence-electron chi connectivity index (χ1n) is 7.43. The van der Waals surface area contributed by atoms with Crippen LogP contribution >= 0.6 is 0 Å². The molecule has 0 aliphatic carbocycles. The molecule has 1 aromatic heterocycles. The molecule has 1 fully saturated rings. The Bertz CT molecular complexity index is 607. The zero-order valence-corrected chi connectivity index (χ0v) is 12.4. The minimum Gasteiger partial charge on any atom is -0.381 e. The third-order valence-electron chi connectivity index (χ3n) is 4.22. The summed E-state index contributed by atoms with van der Waals surface area (Å²) in [6.07, 6.45) is 1.81. The quantitative estimate of drug-likeness (QED) is 0.939. The summed E-state index contributed by atoms with van der Waals surface area (Å²) in [5.74, 6) is 0.887. The van der Waals surface area contributed by atoms with E-state index in [4.69, 9.17) is 20.4 Å². The topological polar surface area (TPSA) is 61.0 Å². The van der Waals surface area contributed by atoms with Crippen molar-refractivity contribution in [1.82, 2.24) is 9.97 Å². The molecule has 21 heavy (non-hydrogen) atoms. The van der Waals surface area contributed by atoms with Gasteiger partial charge in [-0.2, -0.15) is 0 Å². The molecule has 1 aromatic carbocycles. The maximum Gasteiger partial charge on any atom is 0.139 e. The molecule has 0 atom stereocenters. The lowest BCUT2D eigenvalue weighted by atomic mass is 9.73. The van der Waals surface area contributed by atoms with E-state index in [2.05, 4.69) is 24.3 Å². The second kappa shape index (κ2) is 5.92. The molecule has 0 radical (unpaired) electrons. The zero-order chi connectivity index (χ0) is 14.7. The van der Waals surface area contributed by atoms with Crippen molar-refractivity contribution in [2.75, 3.05) is 13.2 Å². The normalized spacial score (nSPS) is 17.6. The molecule has 2 heterocycles. The van der Waals surface area contributed by atoms with Crippen LogP contribution in [-0.4, -0.2) is 23.2 Å². The molecule has 1 aliphatic heterocycles. The van der Waals surface area contributed by atoms with Gasteiger partial charge in [0.25, 0.3) is 0 Å². The lowest BCUT2D eigenvalue weighted by molar-refractivity contribution is 0.0603. The van der Waals surface area contributed by atoms with Crippen molar-refractivity contribution in [2.45, 2.75) is 31.7 Å². The predicted molar refractivity (Wildman–Crippen MR) is 81.9 cm³/mol. The van der Waals surface area contributed by atoms with Crippen molar-refractivity contribution < 1.29 is 4.74 Å². The van der Waals surface area contributed by atoms with Gasteiger partial charge >= 0.3 is 0 Å². The number of rotatable bonds is 3. The van der Waals surface area contributed by atoms with Gasteiger partial charge in [0.2, 0.25) is 0 Å². The van der Waals surface area contributed by atoms with Gasteiger partial charge in [0, 0.05) is 25.5 Å². The molecule has 4 heteroatoms. The summed E-state index contributed by atoms with van der Waals surface area (Å²) in [6, 6.07) is 12.5. The first-order chi connectivity index (χ1) is 10.2. The zero-order valence-electron chi connectivity index (χ0n) is 12.4. The van der Waals surface area contributed by atoms with Crippen LogP contribution in [0.5, 0.6) is 0 Å². The number of aromatic nitrogens is 2. The van der Waals surface area contributed by atoms with Crippen molar-refractivity contribution in [3.8, 4) is 0 Å². The number of ether oxygens (including phenoxy) is 1. The molecule has 2 N–H and O–H groups in total. The maximum atomic E-state index is 5.78. The van der Waals surface area contributed by atoms with Gasteiger partial charge in [-0.15, -0.1) is 0 Å². The lowest BCUT2D eigenvalue weighted by Crippen LogP contribution is -2.37. The summed E-state index contributed by atoms with van der Waals surface area (Å²) < 4.78 is 5.57. The summed E-state index contributed by atoms with van der Waals surface area (Å²) in [5.41, 5.74) is 8.77. The molecule has 0 amide bonds. The number of nitrogens with zero attached hydrogens (tertiary/aromatic N) is 2. The second-order valence-corrected chi connectivity index (χ2v) is 5.59. The number of hydrogen-bond donors (Lipinski definition) is 1. The second-order valence-electron chi connectivity index (χ2n) is 5.59. The fourth-order valence-electron chi connectivity index (χ4n) is 3.07. The molecule has 3 rings (SSSR count). The van der Waals surface area contributed by atoms with E-state index >= 15 is 0 Å². The molecule has 110 valence electrons. The number of hydrogen-bond acceptors (Lipinski definition) is 4. The Labute approximate surface area is 125 Å². The van der Waals surface area contributed by atoms with Crippen molar-refractivity contribution in [1.29, 1.82) is 0 Å². The highest BCUT2D eigenvalue weighted by Gasteiger charge is 2.39. The van der Waals surface area contributed by atoms with Gasteiger partial charge in [-0.25, -0.2) is 9.97 Å². The fraction of sp³-hybridized carbons (Fsp3) is 0.412. The van der Waals surface area contributed by atoms with Gasteiger partial charge < -0.3 is 10.5 Å². The van der Waals surface area contributed by atoms with Crippen LogP contribution in [0.2, 0.25) is 0 Å². The minimum absolute atomic E-state index is 0.157. The number of benzene rings is 1. The van der Waals surface area contributed by atoms with Crippen LogP contribution in [0.25, 0.3) is 0 Å². The molecule has 1 aliphatic rings. The van der Waals surface area contributed by atoms with E-state index in [1.807, 2.05) is 19.1 Å². The van der Waals surface area contributed by atoms with Crippen molar-refractivity contribution in [2.24, 2.45) is 5.73 Å². The Kier molecular flexibility index (Phi) is 3.99. The smallest absolute Gasteiger partial charge is 0.139 e. The highest BCUT2D eigenvalue weighted by atomic mass is 16.5. The van der Waals surface area contributed by atoms with Crippen LogP contribution in [0.3, 0.4) is 0 Å². The minimum atomic E-state index is -0.157.